The van der Waals surface area contributed by atoms with Crippen LogP contribution >= 0.6 is 0 Å². The number of anilines is 1. The average Bonchev–Trinajstić information content (AvgIpc) is 3.38. The fourth-order valence-electron chi connectivity index (χ4n) is 3.63. The van der Waals surface area contributed by atoms with E-state index in [-0.39, 0.29) is 23.3 Å². The van der Waals surface area contributed by atoms with E-state index in [1.165, 1.54) is 6.26 Å². The molecule has 0 saturated carbocycles. The number of fused-ring (bicyclic) bond motifs is 2. The highest BCUT2D eigenvalue weighted by Crippen LogP contribution is 2.34. The lowest BCUT2D eigenvalue weighted by molar-refractivity contribution is 0.102. The number of carbonyl (C=O) groups is 1. The third kappa shape index (κ3) is 3.78. The number of hydrogen-bond acceptors (Lipinski definition) is 6. The summed E-state index contributed by atoms with van der Waals surface area (Å²) >= 11 is 0. The molecule has 9 heteroatoms. The fourth-order valence-corrected chi connectivity index (χ4v) is 4.32. The first-order chi connectivity index (χ1) is 15.4. The van der Waals surface area contributed by atoms with E-state index in [1.54, 1.807) is 41.1 Å². The van der Waals surface area contributed by atoms with Crippen LogP contribution in [-0.2, 0) is 16.4 Å². The van der Waals surface area contributed by atoms with Gasteiger partial charge in [0.05, 0.1) is 17.0 Å². The van der Waals surface area contributed by atoms with Crippen molar-refractivity contribution >= 4 is 32.3 Å². The van der Waals surface area contributed by atoms with Gasteiger partial charge in [0.2, 0.25) is 6.79 Å². The highest BCUT2D eigenvalue weighted by Gasteiger charge is 2.19. The van der Waals surface area contributed by atoms with Crippen molar-refractivity contribution in [2.75, 3.05) is 18.4 Å². The highest BCUT2D eigenvalue weighted by molar-refractivity contribution is 7.90. The maximum Gasteiger partial charge on any atom is 0.276 e. The van der Waals surface area contributed by atoms with Gasteiger partial charge in [-0.25, -0.2) is 8.42 Å². The van der Waals surface area contributed by atoms with Gasteiger partial charge >= 0.3 is 0 Å². The number of amides is 1. The van der Waals surface area contributed by atoms with Crippen molar-refractivity contribution in [1.29, 1.82) is 0 Å². The number of hydrogen-bond donors (Lipinski definition) is 1. The van der Waals surface area contributed by atoms with Gasteiger partial charge in [0, 0.05) is 23.4 Å². The summed E-state index contributed by atoms with van der Waals surface area (Å²) in [6, 6.07) is 19.3. The molecule has 0 fully saturated rings. The molecule has 8 nitrogen and oxygen atoms in total. The molecule has 0 saturated heterocycles. The number of sulfone groups is 1. The lowest BCUT2D eigenvalue weighted by Gasteiger charge is -2.06. The number of benzene rings is 3. The Kier molecular flexibility index (Phi) is 4.82. The van der Waals surface area contributed by atoms with E-state index in [0.29, 0.717) is 29.1 Å². The molecule has 1 aromatic heterocycles. The molecule has 1 aliphatic heterocycles. The summed E-state index contributed by atoms with van der Waals surface area (Å²) in [5.74, 6) is 0.849. The van der Waals surface area contributed by atoms with Gasteiger partial charge in [0.1, 0.15) is 0 Å². The maximum absolute atomic E-state index is 13.0. The second-order valence-corrected chi connectivity index (χ2v) is 9.48. The number of rotatable bonds is 5. The predicted octanol–water partition coefficient (Wildman–Crippen LogP) is 3.47. The van der Waals surface area contributed by atoms with E-state index in [2.05, 4.69) is 10.4 Å². The molecule has 0 unspecified atom stereocenters. The normalized spacial score (nSPS) is 12.8. The summed E-state index contributed by atoms with van der Waals surface area (Å²) in [5, 5.41) is 8.10. The minimum absolute atomic E-state index is 0.155. The van der Waals surface area contributed by atoms with Crippen molar-refractivity contribution < 1.29 is 22.7 Å². The van der Waals surface area contributed by atoms with Crippen LogP contribution < -0.4 is 14.8 Å². The Morgan fingerprint density at radius 2 is 1.84 bits per heavy atom. The van der Waals surface area contributed by atoms with Crippen molar-refractivity contribution in [3.05, 3.63) is 78.0 Å². The molecule has 0 spiro atoms. The van der Waals surface area contributed by atoms with Crippen LogP contribution in [-0.4, -0.2) is 37.2 Å². The number of nitrogens with one attached hydrogen (secondary N) is 1. The van der Waals surface area contributed by atoms with Crippen LogP contribution in [0.2, 0.25) is 0 Å². The third-order valence-corrected chi connectivity index (χ3v) is 6.27. The summed E-state index contributed by atoms with van der Waals surface area (Å²) in [6.07, 6.45) is 1.17. The van der Waals surface area contributed by atoms with Gasteiger partial charge in [-0.15, -0.1) is 0 Å². The molecule has 5 rings (SSSR count). The van der Waals surface area contributed by atoms with Crippen LogP contribution in [0.15, 0.2) is 71.6 Å². The Balaban J connectivity index is 1.47. The molecule has 1 aliphatic rings. The largest absolute Gasteiger partial charge is 0.454 e. The van der Waals surface area contributed by atoms with E-state index in [4.69, 9.17) is 9.47 Å². The van der Waals surface area contributed by atoms with E-state index in [9.17, 15) is 13.2 Å². The summed E-state index contributed by atoms with van der Waals surface area (Å²) in [7, 11) is -3.32. The average molecular weight is 449 g/mol. The topological polar surface area (TPSA) is 99.5 Å². The smallest absolute Gasteiger partial charge is 0.276 e. The molecule has 0 atom stereocenters. The molecule has 0 bridgehead atoms. The molecule has 0 radical (unpaired) electrons. The molecule has 162 valence electrons. The number of para-hydroxylation sites is 1. The lowest BCUT2D eigenvalue weighted by Crippen LogP contribution is -2.14. The van der Waals surface area contributed by atoms with Crippen molar-refractivity contribution in [1.82, 2.24) is 9.78 Å². The first kappa shape index (κ1) is 20.1. The second kappa shape index (κ2) is 7.69. The van der Waals surface area contributed by atoms with E-state index in [0.717, 1.165) is 11.1 Å². The molecule has 2 heterocycles. The molecule has 0 aliphatic carbocycles. The molecule has 4 aromatic rings. The first-order valence-corrected chi connectivity index (χ1v) is 11.7. The van der Waals surface area contributed by atoms with Gasteiger partial charge in [-0.2, -0.15) is 5.10 Å². The molecular formula is C23H19N3O5S. The van der Waals surface area contributed by atoms with Gasteiger partial charge in [-0.1, -0.05) is 30.3 Å². The van der Waals surface area contributed by atoms with Crippen LogP contribution in [0.3, 0.4) is 0 Å². The minimum Gasteiger partial charge on any atom is -0.454 e. The molecule has 32 heavy (non-hydrogen) atoms. The van der Waals surface area contributed by atoms with Crippen LogP contribution in [0.1, 0.15) is 16.1 Å². The highest BCUT2D eigenvalue weighted by atomic mass is 32.2. The Morgan fingerprint density at radius 1 is 1.03 bits per heavy atom. The maximum atomic E-state index is 13.0. The Hall–Kier alpha value is -3.85. The van der Waals surface area contributed by atoms with Crippen LogP contribution in [0.25, 0.3) is 10.9 Å². The van der Waals surface area contributed by atoms with Crippen molar-refractivity contribution in [2.45, 2.75) is 11.4 Å². The minimum atomic E-state index is -3.32. The standard InChI is InChI=1S/C23H19N3O5S/c1-32(28,29)17-6-4-5-15(11-17)13-26-19-8-3-2-7-18(19)22(25-26)23(27)24-16-9-10-20-21(12-16)31-14-30-20/h2-12H,13-14H2,1H3,(H,24,27). The van der Waals surface area contributed by atoms with Crippen LogP contribution in [0, 0.1) is 0 Å². The quantitative estimate of drug-likeness (QED) is 0.501. The molecule has 1 amide bonds. The predicted molar refractivity (Wildman–Crippen MR) is 119 cm³/mol. The SMILES string of the molecule is CS(=O)(=O)c1cccc(Cn2nc(C(=O)Nc3ccc4c(c3)OCO4)c3ccccc32)c1. The summed E-state index contributed by atoms with van der Waals surface area (Å²) in [5.41, 5.74) is 2.38. The van der Waals surface area contributed by atoms with Gasteiger partial charge < -0.3 is 14.8 Å². The van der Waals surface area contributed by atoms with Crippen molar-refractivity contribution in [3.63, 3.8) is 0 Å². The second-order valence-electron chi connectivity index (χ2n) is 7.47. The first-order valence-electron chi connectivity index (χ1n) is 9.84. The third-order valence-electron chi connectivity index (χ3n) is 5.16. The van der Waals surface area contributed by atoms with Gasteiger partial charge in [-0.05, 0) is 35.9 Å². The zero-order valence-electron chi connectivity index (χ0n) is 17.1. The van der Waals surface area contributed by atoms with Gasteiger partial charge in [-0.3, -0.25) is 9.48 Å². The lowest BCUT2D eigenvalue weighted by atomic mass is 10.2. The zero-order chi connectivity index (χ0) is 22.3. The molecular weight excluding hydrogens is 430 g/mol. The van der Waals surface area contributed by atoms with E-state index < -0.39 is 9.84 Å². The summed E-state index contributed by atoms with van der Waals surface area (Å²) < 4.78 is 36.2. The number of carbonyl (C=O) groups excluding carboxylic acids is 1. The van der Waals surface area contributed by atoms with E-state index in [1.807, 2.05) is 30.3 Å². The zero-order valence-corrected chi connectivity index (χ0v) is 17.9. The number of nitrogens with zero attached hydrogens (tertiary/aromatic N) is 2. The monoisotopic (exact) mass is 449 g/mol. The Labute approximate surface area is 184 Å². The molecule has 3 aromatic carbocycles. The molecule has 1 N–H and O–H groups in total. The number of aromatic nitrogens is 2. The van der Waals surface area contributed by atoms with Gasteiger partial charge in [0.15, 0.2) is 27.0 Å². The van der Waals surface area contributed by atoms with Crippen LogP contribution in [0.5, 0.6) is 11.5 Å². The number of ether oxygens (including phenoxy) is 2. The van der Waals surface area contributed by atoms with Crippen LogP contribution in [0.4, 0.5) is 5.69 Å². The fraction of sp³-hybridized carbons (Fsp3) is 0.130. The van der Waals surface area contributed by atoms with Gasteiger partial charge in [0.25, 0.3) is 5.91 Å². The van der Waals surface area contributed by atoms with E-state index >= 15 is 0 Å². The summed E-state index contributed by atoms with van der Waals surface area (Å²) in [4.78, 5) is 13.3. The van der Waals surface area contributed by atoms with Crippen molar-refractivity contribution in [3.8, 4) is 11.5 Å². The van der Waals surface area contributed by atoms with Crippen molar-refractivity contribution in [2.24, 2.45) is 0 Å². The summed E-state index contributed by atoms with van der Waals surface area (Å²) in [6.45, 7) is 0.476. The Bertz CT molecular complexity index is 1460. The Morgan fingerprint density at radius 3 is 2.69 bits per heavy atom.